The summed E-state index contributed by atoms with van der Waals surface area (Å²) in [5.41, 5.74) is 0. The minimum absolute atomic E-state index is 0.00276. The predicted molar refractivity (Wildman–Crippen MR) is 59.4 cm³/mol. The van der Waals surface area contributed by atoms with Gasteiger partial charge < -0.3 is 10.1 Å². The summed E-state index contributed by atoms with van der Waals surface area (Å²) in [6, 6.07) is 0. The zero-order chi connectivity index (χ0) is 11.5. The molecule has 0 saturated heterocycles. The molecular formula is C10H12N2O3S. The zero-order valence-corrected chi connectivity index (χ0v) is 9.67. The van der Waals surface area contributed by atoms with Crippen LogP contribution >= 0.6 is 11.3 Å². The molecule has 0 atom stereocenters. The minimum Gasteiger partial charge on any atom is -0.465 e. The van der Waals surface area contributed by atoms with Gasteiger partial charge in [0, 0.05) is 5.92 Å². The number of methoxy groups -OCH3 is 1. The number of hydrogen-bond acceptors (Lipinski definition) is 5. The molecule has 16 heavy (non-hydrogen) atoms. The normalized spacial score (nSPS) is 15.3. The molecule has 1 saturated carbocycles. The fourth-order valence-corrected chi connectivity index (χ4v) is 2.14. The van der Waals surface area contributed by atoms with Crippen LogP contribution in [-0.2, 0) is 9.53 Å². The first kappa shape index (κ1) is 11.1. The number of carbonyl (C=O) groups is 2. The molecule has 0 radical (unpaired) electrons. The largest absolute Gasteiger partial charge is 0.465 e. The molecule has 0 spiro atoms. The second-order valence-electron chi connectivity index (χ2n) is 3.64. The molecule has 1 aromatic rings. The third kappa shape index (κ3) is 2.21. The highest BCUT2D eigenvalue weighted by molar-refractivity contribution is 7.17. The van der Waals surface area contributed by atoms with Gasteiger partial charge in [0.05, 0.1) is 13.3 Å². The van der Waals surface area contributed by atoms with Gasteiger partial charge in [0.2, 0.25) is 5.91 Å². The van der Waals surface area contributed by atoms with Crippen molar-refractivity contribution in [3.05, 3.63) is 11.1 Å². The van der Waals surface area contributed by atoms with Crippen molar-refractivity contribution < 1.29 is 14.3 Å². The molecule has 0 aliphatic heterocycles. The highest BCUT2D eigenvalue weighted by Gasteiger charge is 2.26. The van der Waals surface area contributed by atoms with Gasteiger partial charge in [-0.1, -0.05) is 17.8 Å². The molecule has 1 amide bonds. The van der Waals surface area contributed by atoms with Crippen LogP contribution in [0.3, 0.4) is 0 Å². The molecule has 5 nitrogen and oxygen atoms in total. The molecule has 1 aromatic heterocycles. The fourth-order valence-electron chi connectivity index (χ4n) is 1.40. The van der Waals surface area contributed by atoms with Crippen molar-refractivity contribution in [3.8, 4) is 0 Å². The summed E-state index contributed by atoms with van der Waals surface area (Å²) in [7, 11) is 1.31. The number of anilines is 1. The molecule has 1 N–H and O–H groups in total. The third-order valence-electron chi connectivity index (χ3n) is 2.60. The summed E-state index contributed by atoms with van der Waals surface area (Å²) in [6.07, 6.45) is 4.42. The number of esters is 1. The van der Waals surface area contributed by atoms with Crippen LogP contribution in [0.2, 0.25) is 0 Å². The highest BCUT2D eigenvalue weighted by atomic mass is 32.1. The van der Waals surface area contributed by atoms with Crippen LogP contribution in [0.25, 0.3) is 0 Å². The molecular weight excluding hydrogens is 228 g/mol. The first-order valence-corrected chi connectivity index (χ1v) is 5.87. The van der Waals surface area contributed by atoms with Crippen molar-refractivity contribution in [2.45, 2.75) is 19.3 Å². The van der Waals surface area contributed by atoms with E-state index in [0.29, 0.717) is 10.0 Å². The van der Waals surface area contributed by atoms with Crippen LogP contribution in [0.1, 0.15) is 28.9 Å². The van der Waals surface area contributed by atoms with Crippen LogP contribution in [-0.4, -0.2) is 24.0 Å². The molecule has 1 heterocycles. The number of thiazole rings is 1. The van der Waals surface area contributed by atoms with Gasteiger partial charge in [0.15, 0.2) is 5.13 Å². The van der Waals surface area contributed by atoms with E-state index in [0.717, 1.165) is 30.6 Å². The van der Waals surface area contributed by atoms with Crippen molar-refractivity contribution in [2.75, 3.05) is 12.4 Å². The number of amides is 1. The lowest BCUT2D eigenvalue weighted by atomic mass is 9.85. The zero-order valence-electron chi connectivity index (χ0n) is 8.86. The van der Waals surface area contributed by atoms with E-state index in [1.54, 1.807) is 0 Å². The van der Waals surface area contributed by atoms with E-state index in [4.69, 9.17) is 0 Å². The molecule has 86 valence electrons. The lowest BCUT2D eigenvalue weighted by Gasteiger charge is -2.23. The second kappa shape index (κ2) is 4.61. The number of ether oxygens (including phenoxy) is 1. The Kier molecular flexibility index (Phi) is 3.19. The Balaban J connectivity index is 1.96. The molecule has 0 aromatic carbocycles. The summed E-state index contributed by atoms with van der Waals surface area (Å²) in [6.45, 7) is 0. The van der Waals surface area contributed by atoms with E-state index < -0.39 is 5.97 Å². The number of hydrogen-bond donors (Lipinski definition) is 1. The van der Waals surface area contributed by atoms with Crippen molar-refractivity contribution in [3.63, 3.8) is 0 Å². The molecule has 1 fully saturated rings. The Bertz CT molecular complexity index is 412. The standard InChI is InChI=1S/C10H12N2O3S/c1-15-9(14)7-5-11-10(16-7)12-8(13)6-3-2-4-6/h5-6H,2-4H2,1H3,(H,11,12,13). The Morgan fingerprint density at radius 2 is 2.31 bits per heavy atom. The maximum Gasteiger partial charge on any atom is 0.349 e. The highest BCUT2D eigenvalue weighted by Crippen LogP contribution is 2.28. The average Bonchev–Trinajstić information content (AvgIpc) is 2.62. The van der Waals surface area contributed by atoms with Crippen LogP contribution < -0.4 is 5.32 Å². The molecule has 1 aliphatic rings. The maximum absolute atomic E-state index is 11.6. The van der Waals surface area contributed by atoms with Gasteiger partial charge in [-0.25, -0.2) is 9.78 Å². The van der Waals surface area contributed by atoms with Crippen LogP contribution in [0.15, 0.2) is 6.20 Å². The van der Waals surface area contributed by atoms with E-state index in [-0.39, 0.29) is 11.8 Å². The Morgan fingerprint density at radius 1 is 1.56 bits per heavy atom. The Labute approximate surface area is 96.8 Å². The lowest BCUT2D eigenvalue weighted by molar-refractivity contribution is -0.122. The van der Waals surface area contributed by atoms with Crippen molar-refractivity contribution in [1.82, 2.24) is 4.98 Å². The summed E-state index contributed by atoms with van der Waals surface area (Å²) in [4.78, 5) is 27.1. The molecule has 1 aliphatic carbocycles. The van der Waals surface area contributed by atoms with Crippen LogP contribution in [0.4, 0.5) is 5.13 Å². The summed E-state index contributed by atoms with van der Waals surface area (Å²) >= 11 is 1.13. The van der Waals surface area contributed by atoms with Crippen LogP contribution in [0.5, 0.6) is 0 Å². The number of nitrogens with zero attached hydrogens (tertiary/aromatic N) is 1. The summed E-state index contributed by atoms with van der Waals surface area (Å²) in [5, 5.41) is 3.16. The maximum atomic E-state index is 11.6. The topological polar surface area (TPSA) is 68.3 Å². The summed E-state index contributed by atoms with van der Waals surface area (Å²) in [5.74, 6) is -0.316. The minimum atomic E-state index is -0.429. The average molecular weight is 240 g/mol. The van der Waals surface area contributed by atoms with Gasteiger partial charge in [-0.05, 0) is 12.8 Å². The van der Waals surface area contributed by atoms with Gasteiger partial charge in [-0.2, -0.15) is 0 Å². The van der Waals surface area contributed by atoms with E-state index in [9.17, 15) is 9.59 Å². The quantitative estimate of drug-likeness (QED) is 0.816. The van der Waals surface area contributed by atoms with Gasteiger partial charge in [-0.3, -0.25) is 4.79 Å². The first-order chi connectivity index (χ1) is 7.70. The van der Waals surface area contributed by atoms with Crippen LogP contribution in [0, 0.1) is 5.92 Å². The number of carbonyl (C=O) groups excluding carboxylic acids is 2. The van der Waals surface area contributed by atoms with Crippen molar-refractivity contribution in [1.29, 1.82) is 0 Å². The predicted octanol–water partition coefficient (Wildman–Crippen LogP) is 1.67. The number of rotatable bonds is 3. The monoisotopic (exact) mass is 240 g/mol. The van der Waals surface area contributed by atoms with Gasteiger partial charge in [0.1, 0.15) is 4.88 Å². The van der Waals surface area contributed by atoms with Crippen molar-refractivity contribution in [2.24, 2.45) is 5.92 Å². The van der Waals surface area contributed by atoms with Crippen molar-refractivity contribution >= 4 is 28.3 Å². The number of aromatic nitrogens is 1. The summed E-state index contributed by atoms with van der Waals surface area (Å²) < 4.78 is 4.55. The Hall–Kier alpha value is -1.43. The fraction of sp³-hybridized carbons (Fsp3) is 0.500. The van der Waals surface area contributed by atoms with Gasteiger partial charge >= 0.3 is 5.97 Å². The van der Waals surface area contributed by atoms with E-state index in [1.165, 1.54) is 13.3 Å². The third-order valence-corrected chi connectivity index (χ3v) is 3.49. The molecule has 6 heteroatoms. The van der Waals surface area contributed by atoms with E-state index >= 15 is 0 Å². The van der Waals surface area contributed by atoms with Gasteiger partial charge in [0.25, 0.3) is 0 Å². The molecule has 0 unspecified atom stereocenters. The second-order valence-corrected chi connectivity index (χ2v) is 4.67. The van der Waals surface area contributed by atoms with E-state index in [2.05, 4.69) is 15.0 Å². The molecule has 2 rings (SSSR count). The lowest BCUT2D eigenvalue weighted by Crippen LogP contribution is -2.27. The first-order valence-electron chi connectivity index (χ1n) is 5.05. The number of nitrogens with one attached hydrogen (secondary N) is 1. The molecule has 0 bridgehead atoms. The van der Waals surface area contributed by atoms with Gasteiger partial charge in [-0.15, -0.1) is 0 Å². The van der Waals surface area contributed by atoms with E-state index in [1.807, 2.05) is 0 Å². The SMILES string of the molecule is COC(=O)c1cnc(NC(=O)C2CCC2)s1. The Morgan fingerprint density at radius 3 is 2.88 bits per heavy atom. The smallest absolute Gasteiger partial charge is 0.349 e.